The summed E-state index contributed by atoms with van der Waals surface area (Å²) in [4.78, 5) is 18.4. The SMILES string of the molecule is CC(C)c1nnc2n1CCN(C(=O)c1cccnc1)C2C. The summed E-state index contributed by atoms with van der Waals surface area (Å²) in [5.41, 5.74) is 0.612. The summed E-state index contributed by atoms with van der Waals surface area (Å²) < 4.78 is 2.14. The van der Waals surface area contributed by atoms with Crippen LogP contribution in [0.3, 0.4) is 0 Å². The molecular weight excluding hydrogens is 266 g/mol. The molecule has 0 N–H and O–H groups in total. The second-order valence-corrected chi connectivity index (χ2v) is 5.64. The predicted molar refractivity (Wildman–Crippen MR) is 77.8 cm³/mol. The normalized spacial score (nSPS) is 17.9. The first-order valence-electron chi connectivity index (χ1n) is 7.23. The molecule has 2 aromatic rings. The average molecular weight is 285 g/mol. The van der Waals surface area contributed by atoms with Gasteiger partial charge in [-0.15, -0.1) is 10.2 Å². The molecule has 2 aromatic heterocycles. The van der Waals surface area contributed by atoms with Crippen molar-refractivity contribution in [2.45, 2.75) is 39.3 Å². The van der Waals surface area contributed by atoms with E-state index in [0.717, 1.165) is 18.2 Å². The molecule has 0 aromatic carbocycles. The molecule has 1 amide bonds. The number of hydrogen-bond acceptors (Lipinski definition) is 4. The minimum atomic E-state index is -0.0774. The molecule has 1 unspecified atom stereocenters. The summed E-state index contributed by atoms with van der Waals surface area (Å²) in [6.07, 6.45) is 3.27. The topological polar surface area (TPSA) is 63.9 Å². The first kappa shape index (κ1) is 13.7. The van der Waals surface area contributed by atoms with Crippen molar-refractivity contribution in [3.05, 3.63) is 41.7 Å². The zero-order chi connectivity index (χ0) is 15.0. The number of hydrogen-bond donors (Lipinski definition) is 0. The van der Waals surface area contributed by atoms with E-state index < -0.39 is 0 Å². The van der Waals surface area contributed by atoms with Crippen LogP contribution in [0, 0.1) is 0 Å². The number of aromatic nitrogens is 4. The number of rotatable bonds is 2. The predicted octanol–water partition coefficient (Wildman–Crippen LogP) is 2.01. The highest BCUT2D eigenvalue weighted by atomic mass is 16.2. The minimum absolute atomic E-state index is 0.00375. The molecule has 1 atom stereocenters. The van der Waals surface area contributed by atoms with Gasteiger partial charge in [0.2, 0.25) is 0 Å². The second-order valence-electron chi connectivity index (χ2n) is 5.64. The third-order valence-corrected chi connectivity index (χ3v) is 3.90. The number of fused-ring (bicyclic) bond motifs is 1. The van der Waals surface area contributed by atoms with Gasteiger partial charge in [-0.2, -0.15) is 0 Å². The van der Waals surface area contributed by atoms with Gasteiger partial charge < -0.3 is 9.47 Å². The minimum Gasteiger partial charge on any atom is -0.327 e. The molecule has 21 heavy (non-hydrogen) atoms. The zero-order valence-corrected chi connectivity index (χ0v) is 12.5. The van der Waals surface area contributed by atoms with Crippen molar-refractivity contribution in [2.24, 2.45) is 0 Å². The maximum absolute atomic E-state index is 12.6. The summed E-state index contributed by atoms with van der Waals surface area (Å²) in [5, 5.41) is 8.57. The lowest BCUT2D eigenvalue weighted by Crippen LogP contribution is -2.41. The molecule has 1 aliphatic rings. The Hall–Kier alpha value is -2.24. The fraction of sp³-hybridized carbons (Fsp3) is 0.467. The Morgan fingerprint density at radius 1 is 1.33 bits per heavy atom. The first-order valence-corrected chi connectivity index (χ1v) is 7.23. The molecule has 3 heterocycles. The van der Waals surface area contributed by atoms with Gasteiger partial charge in [-0.1, -0.05) is 13.8 Å². The van der Waals surface area contributed by atoms with E-state index in [1.54, 1.807) is 24.5 Å². The fourth-order valence-electron chi connectivity index (χ4n) is 2.77. The average Bonchev–Trinajstić information content (AvgIpc) is 2.93. The van der Waals surface area contributed by atoms with Crippen LogP contribution in [-0.2, 0) is 6.54 Å². The van der Waals surface area contributed by atoms with Crippen molar-refractivity contribution >= 4 is 5.91 Å². The monoisotopic (exact) mass is 285 g/mol. The largest absolute Gasteiger partial charge is 0.327 e. The van der Waals surface area contributed by atoms with E-state index in [0.29, 0.717) is 18.0 Å². The van der Waals surface area contributed by atoms with Gasteiger partial charge in [0.1, 0.15) is 5.82 Å². The standard InChI is InChI=1S/C15H19N5O/c1-10(2)13-17-18-14-11(3)19(7-8-20(13)14)15(21)12-5-4-6-16-9-12/h4-6,9-11H,7-8H2,1-3H3. The van der Waals surface area contributed by atoms with E-state index in [1.807, 2.05) is 11.8 Å². The molecule has 0 saturated carbocycles. The highest BCUT2D eigenvalue weighted by molar-refractivity contribution is 5.94. The fourth-order valence-corrected chi connectivity index (χ4v) is 2.77. The molecule has 0 saturated heterocycles. The number of carbonyl (C=O) groups excluding carboxylic acids is 1. The van der Waals surface area contributed by atoms with E-state index in [1.165, 1.54) is 0 Å². The van der Waals surface area contributed by atoms with Gasteiger partial charge in [-0.3, -0.25) is 9.78 Å². The molecule has 6 heteroatoms. The Bertz CT molecular complexity index is 649. The summed E-state index contributed by atoms with van der Waals surface area (Å²) >= 11 is 0. The van der Waals surface area contributed by atoms with Crippen LogP contribution in [0.1, 0.15) is 54.7 Å². The van der Waals surface area contributed by atoms with Gasteiger partial charge in [-0.25, -0.2) is 0 Å². The van der Waals surface area contributed by atoms with Gasteiger partial charge in [0.05, 0.1) is 11.6 Å². The van der Waals surface area contributed by atoms with Crippen LogP contribution in [0.2, 0.25) is 0 Å². The lowest BCUT2D eigenvalue weighted by molar-refractivity contribution is 0.0635. The van der Waals surface area contributed by atoms with E-state index in [-0.39, 0.29) is 11.9 Å². The van der Waals surface area contributed by atoms with Crippen molar-refractivity contribution in [3.8, 4) is 0 Å². The summed E-state index contributed by atoms with van der Waals surface area (Å²) in [5.74, 6) is 2.18. The molecule has 110 valence electrons. The molecule has 1 aliphatic heterocycles. The van der Waals surface area contributed by atoms with Gasteiger partial charge >= 0.3 is 0 Å². The third kappa shape index (κ3) is 2.30. The van der Waals surface area contributed by atoms with Crippen LogP contribution in [-0.4, -0.2) is 37.1 Å². The molecule has 0 fully saturated rings. The molecule has 0 aliphatic carbocycles. The van der Waals surface area contributed by atoms with Gasteiger partial charge in [0, 0.05) is 31.4 Å². The van der Waals surface area contributed by atoms with E-state index in [2.05, 4.69) is 33.6 Å². The van der Waals surface area contributed by atoms with Crippen molar-refractivity contribution in [3.63, 3.8) is 0 Å². The van der Waals surface area contributed by atoms with Crippen LogP contribution < -0.4 is 0 Å². The van der Waals surface area contributed by atoms with Crippen LogP contribution >= 0.6 is 0 Å². The van der Waals surface area contributed by atoms with Crippen molar-refractivity contribution in [2.75, 3.05) is 6.54 Å². The highest BCUT2D eigenvalue weighted by Crippen LogP contribution is 2.27. The number of pyridine rings is 1. The van der Waals surface area contributed by atoms with Crippen molar-refractivity contribution < 1.29 is 4.79 Å². The summed E-state index contributed by atoms with van der Waals surface area (Å²) in [7, 11) is 0. The molecule has 6 nitrogen and oxygen atoms in total. The smallest absolute Gasteiger partial charge is 0.256 e. The first-order chi connectivity index (χ1) is 10.1. The molecule has 3 rings (SSSR count). The highest BCUT2D eigenvalue weighted by Gasteiger charge is 2.32. The maximum atomic E-state index is 12.6. The Morgan fingerprint density at radius 2 is 2.14 bits per heavy atom. The lowest BCUT2D eigenvalue weighted by Gasteiger charge is -2.34. The third-order valence-electron chi connectivity index (χ3n) is 3.90. The van der Waals surface area contributed by atoms with E-state index >= 15 is 0 Å². The van der Waals surface area contributed by atoms with E-state index in [9.17, 15) is 4.79 Å². The van der Waals surface area contributed by atoms with Gasteiger partial charge in [0.25, 0.3) is 5.91 Å². The van der Waals surface area contributed by atoms with Gasteiger partial charge in [0.15, 0.2) is 5.82 Å². The number of carbonyl (C=O) groups is 1. The van der Waals surface area contributed by atoms with Crippen LogP contribution in [0.4, 0.5) is 0 Å². The molecule has 0 spiro atoms. The Morgan fingerprint density at radius 3 is 2.81 bits per heavy atom. The lowest BCUT2D eigenvalue weighted by atomic mass is 10.1. The zero-order valence-electron chi connectivity index (χ0n) is 12.5. The van der Waals surface area contributed by atoms with Crippen LogP contribution in [0.25, 0.3) is 0 Å². The quantitative estimate of drug-likeness (QED) is 0.846. The Labute approximate surface area is 123 Å². The number of nitrogens with zero attached hydrogens (tertiary/aromatic N) is 5. The maximum Gasteiger partial charge on any atom is 0.256 e. The number of amides is 1. The van der Waals surface area contributed by atoms with Gasteiger partial charge in [-0.05, 0) is 19.1 Å². The van der Waals surface area contributed by atoms with E-state index in [4.69, 9.17) is 0 Å². The van der Waals surface area contributed by atoms with Crippen LogP contribution in [0.15, 0.2) is 24.5 Å². The molecule has 0 bridgehead atoms. The Balaban J connectivity index is 1.89. The van der Waals surface area contributed by atoms with Crippen molar-refractivity contribution in [1.82, 2.24) is 24.6 Å². The second kappa shape index (κ2) is 5.27. The molecular formula is C15H19N5O. The summed E-state index contributed by atoms with van der Waals surface area (Å²) in [6.45, 7) is 7.62. The molecule has 0 radical (unpaired) electrons. The Kier molecular flexibility index (Phi) is 3.45. The van der Waals surface area contributed by atoms with Crippen LogP contribution in [0.5, 0.6) is 0 Å². The van der Waals surface area contributed by atoms with Crippen molar-refractivity contribution in [1.29, 1.82) is 0 Å². The summed E-state index contributed by atoms with van der Waals surface area (Å²) in [6, 6.07) is 3.49.